The van der Waals surface area contributed by atoms with Gasteiger partial charge in [-0.2, -0.15) is 13.8 Å². The molecule has 0 amide bonds. The number of aliphatic imine (C=N–C) groups is 1. The molecule has 0 radical (unpaired) electrons. The van der Waals surface area contributed by atoms with E-state index in [1.165, 1.54) is 0 Å². The quantitative estimate of drug-likeness (QED) is 0.458. The molecule has 0 saturated heterocycles. The Hall–Kier alpha value is -2.91. The molecule has 0 aliphatic rings. The number of hydrogen-bond acceptors (Lipinski definition) is 6. The topological polar surface area (TPSA) is 93.8 Å². The summed E-state index contributed by atoms with van der Waals surface area (Å²) in [5, 5.41) is 10.1. The standard InChI is InChI=1S/C19H27F2N5O3/c1-5-27-14-8-6-7-13(16(14)28-18(20)21)11-24-19(22-4)23-10-9-15-25-17(12(2)3)26-29-15/h6-8,12,18H,5,9-11H2,1-4H3,(H2,22,23,24). The number of aromatic nitrogens is 2. The van der Waals surface area contributed by atoms with Gasteiger partial charge < -0.3 is 24.6 Å². The summed E-state index contributed by atoms with van der Waals surface area (Å²) in [5.41, 5.74) is 0.526. The maximum absolute atomic E-state index is 12.8. The lowest BCUT2D eigenvalue weighted by Crippen LogP contribution is -2.38. The van der Waals surface area contributed by atoms with Gasteiger partial charge in [-0.15, -0.1) is 0 Å². The first-order valence-electron chi connectivity index (χ1n) is 9.41. The molecule has 160 valence electrons. The Morgan fingerprint density at radius 2 is 2.07 bits per heavy atom. The van der Waals surface area contributed by atoms with Crippen LogP contribution >= 0.6 is 0 Å². The number of nitrogens with zero attached hydrogens (tertiary/aromatic N) is 3. The zero-order valence-corrected chi connectivity index (χ0v) is 17.0. The molecule has 1 aromatic carbocycles. The molecule has 0 aliphatic carbocycles. The SMILES string of the molecule is CCOc1cccc(CNC(=NC)NCCc2nc(C(C)C)no2)c1OC(F)F. The zero-order valence-electron chi connectivity index (χ0n) is 17.0. The fourth-order valence-corrected chi connectivity index (χ4v) is 2.48. The van der Waals surface area contributed by atoms with Gasteiger partial charge in [-0.3, -0.25) is 4.99 Å². The molecule has 0 fully saturated rings. The Morgan fingerprint density at radius 3 is 2.69 bits per heavy atom. The van der Waals surface area contributed by atoms with Gasteiger partial charge in [0.1, 0.15) is 0 Å². The summed E-state index contributed by atoms with van der Waals surface area (Å²) in [6.45, 7) is 3.89. The van der Waals surface area contributed by atoms with Gasteiger partial charge in [0.2, 0.25) is 5.89 Å². The van der Waals surface area contributed by atoms with Crippen molar-refractivity contribution in [2.45, 2.75) is 46.3 Å². The van der Waals surface area contributed by atoms with Crippen LogP contribution < -0.4 is 20.1 Å². The molecule has 8 nitrogen and oxygen atoms in total. The van der Waals surface area contributed by atoms with Gasteiger partial charge in [0.05, 0.1) is 6.61 Å². The number of benzene rings is 1. The maximum atomic E-state index is 12.8. The average Bonchev–Trinajstić information content (AvgIpc) is 3.15. The normalized spacial score (nSPS) is 11.8. The van der Waals surface area contributed by atoms with Gasteiger partial charge in [0.15, 0.2) is 23.3 Å². The van der Waals surface area contributed by atoms with E-state index in [1.54, 1.807) is 32.2 Å². The molecule has 2 N–H and O–H groups in total. The predicted molar refractivity (Wildman–Crippen MR) is 105 cm³/mol. The first-order valence-corrected chi connectivity index (χ1v) is 9.41. The maximum Gasteiger partial charge on any atom is 0.387 e. The number of halogens is 2. The lowest BCUT2D eigenvalue weighted by atomic mass is 10.2. The Balaban J connectivity index is 1.93. The van der Waals surface area contributed by atoms with Crippen LogP contribution in [0, 0.1) is 0 Å². The minimum absolute atomic E-state index is 0.0133. The molecule has 29 heavy (non-hydrogen) atoms. The Kier molecular flexibility index (Phi) is 8.63. The number of guanidine groups is 1. The molecule has 0 spiro atoms. The van der Waals surface area contributed by atoms with Crippen molar-refractivity contribution < 1.29 is 22.8 Å². The van der Waals surface area contributed by atoms with Gasteiger partial charge in [-0.05, 0) is 13.0 Å². The largest absolute Gasteiger partial charge is 0.490 e. The highest BCUT2D eigenvalue weighted by atomic mass is 19.3. The second-order valence-electron chi connectivity index (χ2n) is 6.36. The molecule has 1 aromatic heterocycles. The van der Waals surface area contributed by atoms with Crippen molar-refractivity contribution in [2.24, 2.45) is 4.99 Å². The van der Waals surface area contributed by atoms with Crippen molar-refractivity contribution >= 4 is 5.96 Å². The highest BCUT2D eigenvalue weighted by Crippen LogP contribution is 2.32. The smallest absolute Gasteiger partial charge is 0.387 e. The van der Waals surface area contributed by atoms with E-state index >= 15 is 0 Å². The number of hydrogen-bond donors (Lipinski definition) is 2. The molecule has 0 aliphatic heterocycles. The number of alkyl halides is 2. The van der Waals surface area contributed by atoms with Gasteiger partial charge in [-0.25, -0.2) is 0 Å². The fourth-order valence-electron chi connectivity index (χ4n) is 2.48. The minimum atomic E-state index is -2.95. The summed E-state index contributed by atoms with van der Waals surface area (Å²) in [6, 6.07) is 5.00. The van der Waals surface area contributed by atoms with E-state index in [4.69, 9.17) is 9.26 Å². The Bertz CT molecular complexity index is 796. The van der Waals surface area contributed by atoms with Crippen LogP contribution in [0.15, 0.2) is 27.7 Å². The summed E-state index contributed by atoms with van der Waals surface area (Å²) in [7, 11) is 1.62. The van der Waals surface area contributed by atoms with Crippen molar-refractivity contribution in [1.82, 2.24) is 20.8 Å². The highest BCUT2D eigenvalue weighted by Gasteiger charge is 2.16. The molecule has 1 heterocycles. The number of para-hydroxylation sites is 1. The van der Waals surface area contributed by atoms with E-state index in [1.807, 2.05) is 13.8 Å². The van der Waals surface area contributed by atoms with E-state index in [2.05, 4.69) is 30.5 Å². The van der Waals surface area contributed by atoms with Gasteiger partial charge in [0, 0.05) is 38.0 Å². The highest BCUT2D eigenvalue weighted by molar-refractivity contribution is 5.79. The van der Waals surface area contributed by atoms with Crippen LogP contribution in [-0.4, -0.2) is 42.9 Å². The Labute approximate surface area is 168 Å². The summed E-state index contributed by atoms with van der Waals surface area (Å²) in [5.74, 6) is 2.19. The third-order valence-electron chi connectivity index (χ3n) is 3.87. The second kappa shape index (κ2) is 11.2. The summed E-state index contributed by atoms with van der Waals surface area (Å²) in [6.07, 6.45) is 0.528. The van der Waals surface area contributed by atoms with E-state index in [9.17, 15) is 8.78 Å². The molecule has 0 atom stereocenters. The summed E-state index contributed by atoms with van der Waals surface area (Å²) < 4.78 is 40.9. The summed E-state index contributed by atoms with van der Waals surface area (Å²) >= 11 is 0. The Morgan fingerprint density at radius 1 is 1.28 bits per heavy atom. The third kappa shape index (κ3) is 6.88. The van der Waals surface area contributed by atoms with Crippen LogP contribution in [0.5, 0.6) is 11.5 Å². The van der Waals surface area contributed by atoms with Crippen molar-refractivity contribution in [1.29, 1.82) is 0 Å². The first kappa shape index (κ1) is 22.4. The minimum Gasteiger partial charge on any atom is -0.490 e. The monoisotopic (exact) mass is 411 g/mol. The van der Waals surface area contributed by atoms with Crippen LogP contribution in [0.1, 0.15) is 44.0 Å². The lowest BCUT2D eigenvalue weighted by molar-refractivity contribution is -0.0520. The van der Waals surface area contributed by atoms with Gasteiger partial charge in [0.25, 0.3) is 0 Å². The molecule has 2 rings (SSSR count). The first-order chi connectivity index (χ1) is 13.9. The van der Waals surface area contributed by atoms with Crippen molar-refractivity contribution in [3.05, 3.63) is 35.5 Å². The number of rotatable bonds is 10. The van der Waals surface area contributed by atoms with E-state index in [0.717, 1.165) is 0 Å². The number of nitrogens with one attached hydrogen (secondary N) is 2. The van der Waals surface area contributed by atoms with Crippen LogP contribution in [0.3, 0.4) is 0 Å². The molecule has 0 saturated carbocycles. The van der Waals surface area contributed by atoms with E-state index < -0.39 is 6.61 Å². The molecular formula is C19H27F2N5O3. The van der Waals surface area contributed by atoms with Crippen molar-refractivity contribution in [2.75, 3.05) is 20.2 Å². The predicted octanol–water partition coefficient (Wildman–Crippen LogP) is 3.10. The average molecular weight is 411 g/mol. The van der Waals surface area contributed by atoms with Crippen LogP contribution in [0.2, 0.25) is 0 Å². The number of ether oxygens (including phenoxy) is 2. The second-order valence-corrected chi connectivity index (χ2v) is 6.36. The molecule has 2 aromatic rings. The fraction of sp³-hybridized carbons (Fsp3) is 0.526. The molecule has 0 unspecified atom stereocenters. The van der Waals surface area contributed by atoms with Crippen LogP contribution in [0.25, 0.3) is 0 Å². The van der Waals surface area contributed by atoms with Crippen LogP contribution in [0.4, 0.5) is 8.78 Å². The molecule has 10 heteroatoms. The lowest BCUT2D eigenvalue weighted by Gasteiger charge is -2.17. The molecular weight excluding hydrogens is 384 g/mol. The van der Waals surface area contributed by atoms with Gasteiger partial charge >= 0.3 is 6.61 Å². The van der Waals surface area contributed by atoms with Crippen molar-refractivity contribution in [3.63, 3.8) is 0 Å². The molecule has 0 bridgehead atoms. The van der Waals surface area contributed by atoms with Gasteiger partial charge in [-0.1, -0.05) is 31.1 Å². The zero-order chi connectivity index (χ0) is 21.2. The van der Waals surface area contributed by atoms with E-state index in [0.29, 0.717) is 42.8 Å². The summed E-state index contributed by atoms with van der Waals surface area (Å²) in [4.78, 5) is 8.44. The van der Waals surface area contributed by atoms with Crippen molar-refractivity contribution in [3.8, 4) is 11.5 Å². The van der Waals surface area contributed by atoms with E-state index in [-0.39, 0.29) is 24.0 Å². The third-order valence-corrected chi connectivity index (χ3v) is 3.87. The van der Waals surface area contributed by atoms with Crippen LogP contribution in [-0.2, 0) is 13.0 Å².